The summed E-state index contributed by atoms with van der Waals surface area (Å²) in [5, 5.41) is 10.8. The van der Waals surface area contributed by atoms with Crippen LogP contribution in [0.3, 0.4) is 0 Å². The van der Waals surface area contributed by atoms with Gasteiger partial charge in [-0.3, -0.25) is 4.79 Å². The molecule has 176 valence electrons. The molecule has 6 heteroatoms. The first-order valence-corrected chi connectivity index (χ1v) is 12.6. The maximum absolute atomic E-state index is 12.8. The molecule has 1 N–H and O–H groups in total. The molecule has 1 aromatic heterocycles. The van der Waals surface area contributed by atoms with E-state index in [1.165, 1.54) is 24.8 Å². The molecule has 3 heterocycles. The number of hydrogen-bond donors (Lipinski definition) is 1. The number of carboxylic acid groups (broad SMARTS) is 1. The topological polar surface area (TPSA) is 71.8 Å². The number of carbonyl (C=O) groups excluding carboxylic acids is 1. The summed E-state index contributed by atoms with van der Waals surface area (Å²) >= 11 is 0. The molecule has 34 heavy (non-hydrogen) atoms. The molecule has 2 aliphatic heterocycles. The highest BCUT2D eigenvalue weighted by Gasteiger charge is 2.32. The van der Waals surface area contributed by atoms with E-state index in [-0.39, 0.29) is 5.91 Å². The zero-order valence-electron chi connectivity index (χ0n) is 19.4. The number of amides is 1. The van der Waals surface area contributed by atoms with E-state index in [2.05, 4.69) is 10.6 Å². The van der Waals surface area contributed by atoms with Crippen molar-refractivity contribution in [1.82, 2.24) is 4.57 Å². The number of rotatable bonds is 3. The van der Waals surface area contributed by atoms with Gasteiger partial charge in [0.2, 0.25) is 5.91 Å². The lowest BCUT2D eigenvalue weighted by molar-refractivity contribution is -0.119. The predicted octanol–water partition coefficient (Wildman–Crippen LogP) is 5.96. The lowest BCUT2D eigenvalue weighted by Crippen LogP contribution is -2.35. The molecule has 0 spiro atoms. The van der Waals surface area contributed by atoms with Crippen LogP contribution in [-0.2, 0) is 11.3 Å². The number of benzene rings is 2. The summed E-state index contributed by atoms with van der Waals surface area (Å²) in [5.74, 6) is 0.476. The van der Waals surface area contributed by atoms with Gasteiger partial charge in [0.25, 0.3) is 0 Å². The first-order valence-electron chi connectivity index (χ1n) is 12.6. The summed E-state index contributed by atoms with van der Waals surface area (Å²) in [6, 6.07) is 11.7. The quantitative estimate of drug-likeness (QED) is 0.525. The van der Waals surface area contributed by atoms with Crippen LogP contribution in [0.5, 0.6) is 5.75 Å². The molecule has 0 radical (unpaired) electrons. The third kappa shape index (κ3) is 3.39. The SMILES string of the molecule is O=C(O)c1ccc2c(C3CCCCC3)c3n(c2c1)CCOc1c-3cccc1N1CCCCC1=O. The molecule has 0 atom stereocenters. The van der Waals surface area contributed by atoms with Crippen molar-refractivity contribution in [3.63, 3.8) is 0 Å². The third-order valence-corrected chi connectivity index (χ3v) is 7.79. The van der Waals surface area contributed by atoms with Crippen molar-refractivity contribution in [2.75, 3.05) is 18.1 Å². The van der Waals surface area contributed by atoms with Gasteiger partial charge in [-0.2, -0.15) is 0 Å². The molecule has 0 bridgehead atoms. The molecule has 2 aromatic carbocycles. The normalized spacial score (nSPS) is 18.8. The predicted molar refractivity (Wildman–Crippen MR) is 132 cm³/mol. The summed E-state index contributed by atoms with van der Waals surface area (Å²) in [4.78, 5) is 26.4. The first kappa shape index (κ1) is 21.3. The fourth-order valence-corrected chi connectivity index (χ4v) is 6.21. The van der Waals surface area contributed by atoms with Crippen molar-refractivity contribution in [1.29, 1.82) is 0 Å². The second-order valence-corrected chi connectivity index (χ2v) is 9.79. The minimum Gasteiger partial charge on any atom is -0.489 e. The van der Waals surface area contributed by atoms with Crippen molar-refractivity contribution >= 4 is 28.5 Å². The van der Waals surface area contributed by atoms with Crippen LogP contribution in [0.4, 0.5) is 5.69 Å². The second kappa shape index (κ2) is 8.49. The number of carbonyl (C=O) groups is 2. The number of piperidine rings is 1. The summed E-state index contributed by atoms with van der Waals surface area (Å²) in [7, 11) is 0. The van der Waals surface area contributed by atoms with Crippen molar-refractivity contribution in [2.45, 2.75) is 63.8 Å². The molecule has 1 saturated carbocycles. The van der Waals surface area contributed by atoms with Crippen molar-refractivity contribution < 1.29 is 19.4 Å². The average Bonchev–Trinajstić information content (AvgIpc) is 3.05. The molecular weight excluding hydrogens is 428 g/mol. The van der Waals surface area contributed by atoms with Crippen LogP contribution >= 0.6 is 0 Å². The number of para-hydroxylation sites is 1. The average molecular weight is 459 g/mol. The fraction of sp³-hybridized carbons (Fsp3) is 0.429. The van der Waals surface area contributed by atoms with Gasteiger partial charge in [0.1, 0.15) is 6.61 Å². The Morgan fingerprint density at radius 2 is 1.85 bits per heavy atom. The highest BCUT2D eigenvalue weighted by Crippen LogP contribution is 2.49. The van der Waals surface area contributed by atoms with E-state index in [9.17, 15) is 14.7 Å². The van der Waals surface area contributed by atoms with Gasteiger partial charge in [0, 0.05) is 29.4 Å². The standard InChI is InChI=1S/C28H30N2O4/c31-24-11-4-5-14-29(24)22-10-6-9-21-26-25(18-7-2-1-3-8-18)20-13-12-19(28(32)33)17-23(20)30(26)15-16-34-27(21)22/h6,9-10,12-13,17-18H,1-5,7-8,11,14-16H2,(H,32,33). The number of aromatic nitrogens is 1. The maximum Gasteiger partial charge on any atom is 0.335 e. The largest absolute Gasteiger partial charge is 0.489 e. The number of fused-ring (bicyclic) bond motifs is 5. The Bertz CT molecular complexity index is 1290. The summed E-state index contributed by atoms with van der Waals surface area (Å²) in [6.45, 7) is 1.84. The van der Waals surface area contributed by atoms with Gasteiger partial charge in [0.05, 0.1) is 23.5 Å². The Kier molecular flexibility index (Phi) is 5.31. The van der Waals surface area contributed by atoms with Crippen LogP contribution < -0.4 is 9.64 Å². The van der Waals surface area contributed by atoms with Gasteiger partial charge in [-0.05, 0) is 61.4 Å². The molecule has 2 fully saturated rings. The van der Waals surface area contributed by atoms with Gasteiger partial charge in [-0.25, -0.2) is 4.79 Å². The first-order chi connectivity index (χ1) is 16.6. The second-order valence-electron chi connectivity index (χ2n) is 9.79. The molecule has 3 aromatic rings. The Balaban J connectivity index is 1.61. The molecule has 1 saturated heterocycles. The van der Waals surface area contributed by atoms with Crippen LogP contribution in [0.15, 0.2) is 36.4 Å². The monoisotopic (exact) mass is 458 g/mol. The van der Waals surface area contributed by atoms with Gasteiger partial charge in [-0.15, -0.1) is 0 Å². The number of hydrogen-bond acceptors (Lipinski definition) is 3. The van der Waals surface area contributed by atoms with Gasteiger partial charge in [0.15, 0.2) is 5.75 Å². The number of ether oxygens (including phenoxy) is 1. The van der Waals surface area contributed by atoms with E-state index in [0.717, 1.165) is 65.8 Å². The molecule has 0 unspecified atom stereocenters. The van der Waals surface area contributed by atoms with Gasteiger partial charge < -0.3 is 19.3 Å². The van der Waals surface area contributed by atoms with E-state index in [1.54, 1.807) is 6.07 Å². The number of nitrogens with zero attached hydrogens (tertiary/aromatic N) is 2. The molecule has 1 aliphatic carbocycles. The number of aromatic carboxylic acids is 1. The van der Waals surface area contributed by atoms with E-state index in [0.29, 0.717) is 31.1 Å². The van der Waals surface area contributed by atoms with Crippen LogP contribution in [0, 0.1) is 0 Å². The van der Waals surface area contributed by atoms with Crippen molar-refractivity contribution in [2.24, 2.45) is 0 Å². The van der Waals surface area contributed by atoms with Crippen LogP contribution in [0.2, 0.25) is 0 Å². The highest BCUT2D eigenvalue weighted by molar-refractivity contribution is 6.01. The van der Waals surface area contributed by atoms with E-state index < -0.39 is 5.97 Å². The number of anilines is 1. The summed E-state index contributed by atoms with van der Waals surface area (Å²) < 4.78 is 8.62. The zero-order valence-corrected chi connectivity index (χ0v) is 19.4. The fourth-order valence-electron chi connectivity index (χ4n) is 6.21. The number of carboxylic acids is 1. The van der Waals surface area contributed by atoms with Crippen molar-refractivity contribution in [3.8, 4) is 17.0 Å². The Morgan fingerprint density at radius 3 is 2.65 bits per heavy atom. The maximum atomic E-state index is 12.8. The summed E-state index contributed by atoms with van der Waals surface area (Å²) in [5.41, 5.74) is 5.61. The molecule has 3 aliphatic rings. The Morgan fingerprint density at radius 1 is 1.00 bits per heavy atom. The van der Waals surface area contributed by atoms with Gasteiger partial charge in [-0.1, -0.05) is 31.4 Å². The molecule has 6 rings (SSSR count). The van der Waals surface area contributed by atoms with Crippen LogP contribution in [-0.4, -0.2) is 34.7 Å². The Labute approximate surface area is 199 Å². The van der Waals surface area contributed by atoms with E-state index in [1.807, 2.05) is 29.2 Å². The minimum absolute atomic E-state index is 0.159. The molecule has 1 amide bonds. The van der Waals surface area contributed by atoms with E-state index in [4.69, 9.17) is 4.74 Å². The lowest BCUT2D eigenvalue weighted by Gasteiger charge is -2.29. The molecule has 6 nitrogen and oxygen atoms in total. The minimum atomic E-state index is -0.909. The Hall–Kier alpha value is -3.28. The van der Waals surface area contributed by atoms with Crippen LogP contribution in [0.25, 0.3) is 22.2 Å². The lowest BCUT2D eigenvalue weighted by atomic mass is 9.81. The van der Waals surface area contributed by atoms with Gasteiger partial charge >= 0.3 is 5.97 Å². The van der Waals surface area contributed by atoms with E-state index >= 15 is 0 Å². The summed E-state index contributed by atoms with van der Waals surface area (Å²) in [6.07, 6.45) is 8.52. The highest BCUT2D eigenvalue weighted by atomic mass is 16.5. The molecular formula is C28H30N2O4. The zero-order chi connectivity index (χ0) is 23.2. The van der Waals surface area contributed by atoms with Crippen molar-refractivity contribution in [3.05, 3.63) is 47.5 Å². The third-order valence-electron chi connectivity index (χ3n) is 7.79. The smallest absolute Gasteiger partial charge is 0.335 e. The van der Waals surface area contributed by atoms with Crippen LogP contribution in [0.1, 0.15) is 73.2 Å².